The highest BCUT2D eigenvalue weighted by molar-refractivity contribution is 7.84. The molecule has 2 heterocycles. The zero-order chi connectivity index (χ0) is 22.9. The number of halogens is 1. The summed E-state index contributed by atoms with van der Waals surface area (Å²) in [4.78, 5) is 8.80. The number of nitrogens with two attached hydrogens (primary N) is 1. The zero-order valence-corrected chi connectivity index (χ0v) is 18.8. The highest BCUT2D eigenvalue weighted by Gasteiger charge is 2.43. The molecule has 0 spiro atoms. The lowest BCUT2D eigenvalue weighted by atomic mass is 9.94. The molecule has 1 aliphatic carbocycles. The van der Waals surface area contributed by atoms with Crippen LogP contribution in [0.5, 0.6) is 0 Å². The molecule has 1 aromatic carbocycles. The van der Waals surface area contributed by atoms with Gasteiger partial charge in [-0.1, -0.05) is 29.7 Å². The van der Waals surface area contributed by atoms with Crippen molar-refractivity contribution in [2.45, 2.75) is 38.0 Å². The molecule has 11 heteroatoms. The summed E-state index contributed by atoms with van der Waals surface area (Å²) in [6.45, 7) is 2.25. The Morgan fingerprint density at radius 1 is 1.34 bits per heavy atom. The average molecular weight is 476 g/mol. The molecular weight excluding hydrogens is 454 g/mol. The van der Waals surface area contributed by atoms with E-state index >= 15 is 0 Å². The summed E-state index contributed by atoms with van der Waals surface area (Å²) in [7, 11) is -4.16. The maximum Gasteiger partial charge on any atom is 0.388 e. The van der Waals surface area contributed by atoms with Gasteiger partial charge >= 0.3 is 10.3 Å². The fourth-order valence-corrected chi connectivity index (χ4v) is 4.29. The van der Waals surface area contributed by atoms with Gasteiger partial charge in [0.15, 0.2) is 0 Å². The number of rotatable bonds is 5. The van der Waals surface area contributed by atoms with E-state index in [-0.39, 0.29) is 6.04 Å². The van der Waals surface area contributed by atoms with Crippen LogP contribution in [0.1, 0.15) is 31.4 Å². The van der Waals surface area contributed by atoms with Gasteiger partial charge in [-0.05, 0) is 43.5 Å². The number of hydrogen-bond donors (Lipinski definition) is 3. The van der Waals surface area contributed by atoms with Crippen molar-refractivity contribution in [1.82, 2.24) is 14.5 Å². The summed E-state index contributed by atoms with van der Waals surface area (Å²) in [5.74, 6) is 2.88. The third kappa shape index (κ3) is 4.97. The van der Waals surface area contributed by atoms with Crippen molar-refractivity contribution in [3.63, 3.8) is 0 Å². The van der Waals surface area contributed by atoms with Crippen LogP contribution < -0.4 is 10.5 Å². The van der Waals surface area contributed by atoms with Crippen molar-refractivity contribution in [3.05, 3.63) is 53.4 Å². The first-order valence-corrected chi connectivity index (χ1v) is 11.7. The Morgan fingerprint density at radius 3 is 2.81 bits per heavy atom. The standard InChI is InChI=1S/C21H22ClN5O4S/c1-21(28)11-17(10-15(21)7-9-31-32(23,29)30)27-8-6-18-19(25-13-26-20(18)27)24-12-14-2-4-16(22)5-3-14/h2-6,8,13,15,17,28H,10-12H2,1H3,(H2,23,29,30)(H,24,25,26)/t15?,17-,21+/m1/s1. The van der Waals surface area contributed by atoms with Gasteiger partial charge in [0.2, 0.25) is 0 Å². The van der Waals surface area contributed by atoms with Crippen molar-refractivity contribution in [2.24, 2.45) is 11.1 Å². The maximum atomic E-state index is 10.9. The van der Waals surface area contributed by atoms with Crippen LogP contribution in [0.25, 0.3) is 11.0 Å². The second-order valence-electron chi connectivity index (χ2n) is 7.99. The van der Waals surface area contributed by atoms with Gasteiger partial charge in [0, 0.05) is 23.8 Å². The van der Waals surface area contributed by atoms with Crippen LogP contribution in [-0.2, 0) is 21.0 Å². The number of fused-ring (bicyclic) bond motifs is 1. The number of aromatic nitrogens is 3. The first-order chi connectivity index (χ1) is 15.1. The Morgan fingerprint density at radius 2 is 2.09 bits per heavy atom. The Bertz CT molecular complexity index is 1300. The first kappa shape index (κ1) is 22.4. The highest BCUT2D eigenvalue weighted by atomic mass is 35.5. The fraction of sp³-hybridized carbons (Fsp3) is 0.333. The summed E-state index contributed by atoms with van der Waals surface area (Å²) in [5, 5.41) is 20.5. The van der Waals surface area contributed by atoms with E-state index in [1.165, 1.54) is 6.33 Å². The van der Waals surface area contributed by atoms with Crippen molar-refractivity contribution in [1.29, 1.82) is 0 Å². The number of nitrogens with one attached hydrogen (secondary N) is 1. The summed E-state index contributed by atoms with van der Waals surface area (Å²) < 4.78 is 28.1. The second-order valence-corrected chi connectivity index (χ2v) is 9.58. The van der Waals surface area contributed by atoms with Gasteiger partial charge in [0.05, 0.1) is 16.9 Å². The number of hydrogen-bond acceptors (Lipinski definition) is 7. The normalized spacial score (nSPS) is 23.0. The molecule has 1 fully saturated rings. The quantitative estimate of drug-likeness (QED) is 0.483. The molecule has 0 aliphatic heterocycles. The van der Waals surface area contributed by atoms with E-state index in [1.807, 2.05) is 41.1 Å². The van der Waals surface area contributed by atoms with E-state index < -0.39 is 21.8 Å². The molecule has 3 atom stereocenters. The van der Waals surface area contributed by atoms with Crippen molar-refractivity contribution in [3.8, 4) is 12.0 Å². The van der Waals surface area contributed by atoms with Gasteiger partial charge in [0.25, 0.3) is 0 Å². The van der Waals surface area contributed by atoms with Crippen LogP contribution in [0.3, 0.4) is 0 Å². The molecule has 0 bridgehead atoms. The minimum atomic E-state index is -4.16. The molecule has 9 nitrogen and oxygen atoms in total. The summed E-state index contributed by atoms with van der Waals surface area (Å²) >= 11 is 5.94. The topological polar surface area (TPSA) is 132 Å². The monoisotopic (exact) mass is 475 g/mol. The molecule has 1 saturated carbocycles. The lowest BCUT2D eigenvalue weighted by Crippen LogP contribution is -2.28. The van der Waals surface area contributed by atoms with Gasteiger partial charge in [0.1, 0.15) is 23.9 Å². The van der Waals surface area contributed by atoms with E-state index in [9.17, 15) is 13.5 Å². The molecule has 32 heavy (non-hydrogen) atoms. The molecule has 1 aliphatic rings. The molecule has 168 valence electrons. The van der Waals surface area contributed by atoms with Crippen LogP contribution >= 0.6 is 11.6 Å². The number of nitrogens with zero attached hydrogens (tertiary/aromatic N) is 3. The lowest BCUT2D eigenvalue weighted by Gasteiger charge is -2.20. The minimum Gasteiger partial charge on any atom is -0.389 e. The molecule has 0 amide bonds. The summed E-state index contributed by atoms with van der Waals surface area (Å²) in [6.07, 6.45) is 6.41. The second kappa shape index (κ2) is 8.60. The predicted molar refractivity (Wildman–Crippen MR) is 121 cm³/mol. The number of aliphatic hydroxyl groups is 1. The number of anilines is 1. The van der Waals surface area contributed by atoms with Gasteiger partial charge in [-0.25, -0.2) is 9.97 Å². The highest BCUT2D eigenvalue weighted by Crippen LogP contribution is 2.43. The molecule has 4 N–H and O–H groups in total. The van der Waals surface area contributed by atoms with Crippen LogP contribution in [0, 0.1) is 17.9 Å². The Labute approximate surface area is 190 Å². The smallest absolute Gasteiger partial charge is 0.388 e. The molecule has 4 rings (SSSR count). The minimum absolute atomic E-state index is 0.0877. The fourth-order valence-electron chi connectivity index (χ4n) is 4.00. The Kier molecular flexibility index (Phi) is 6.01. The van der Waals surface area contributed by atoms with E-state index in [1.54, 1.807) is 6.92 Å². The third-order valence-electron chi connectivity index (χ3n) is 5.57. The molecular formula is C21H22ClN5O4S. The summed E-state index contributed by atoms with van der Waals surface area (Å²) in [5.41, 5.74) is 0.669. The average Bonchev–Trinajstić information content (AvgIpc) is 3.27. The van der Waals surface area contributed by atoms with Gasteiger partial charge in [-0.3, -0.25) is 0 Å². The molecule has 0 saturated heterocycles. The molecule has 3 aromatic rings. The summed E-state index contributed by atoms with van der Waals surface area (Å²) in [6, 6.07) is 9.40. The Balaban J connectivity index is 1.54. The van der Waals surface area contributed by atoms with Crippen molar-refractivity contribution in [2.75, 3.05) is 5.32 Å². The first-order valence-electron chi connectivity index (χ1n) is 9.86. The van der Waals surface area contributed by atoms with E-state index in [4.69, 9.17) is 16.7 Å². The zero-order valence-electron chi connectivity index (χ0n) is 17.2. The predicted octanol–water partition coefficient (Wildman–Crippen LogP) is 2.58. The van der Waals surface area contributed by atoms with Crippen LogP contribution in [0.15, 0.2) is 42.9 Å². The van der Waals surface area contributed by atoms with Crippen LogP contribution in [0.4, 0.5) is 5.82 Å². The number of benzene rings is 1. The largest absolute Gasteiger partial charge is 0.389 e. The van der Waals surface area contributed by atoms with Gasteiger partial charge < -0.3 is 19.2 Å². The lowest BCUT2D eigenvalue weighted by molar-refractivity contribution is 0.0395. The van der Waals surface area contributed by atoms with E-state index in [0.717, 1.165) is 16.6 Å². The van der Waals surface area contributed by atoms with Gasteiger partial charge in [-0.2, -0.15) is 13.6 Å². The third-order valence-corrected chi connectivity index (χ3v) is 6.14. The molecule has 2 aromatic heterocycles. The van der Waals surface area contributed by atoms with E-state index in [2.05, 4.69) is 31.5 Å². The Hall–Kier alpha value is -2.84. The van der Waals surface area contributed by atoms with Crippen molar-refractivity contribution < 1.29 is 17.7 Å². The van der Waals surface area contributed by atoms with E-state index in [0.29, 0.717) is 30.2 Å². The molecule has 1 unspecified atom stereocenters. The molecule has 0 radical (unpaired) electrons. The van der Waals surface area contributed by atoms with Crippen LogP contribution in [-0.4, -0.2) is 33.7 Å². The van der Waals surface area contributed by atoms with Gasteiger partial charge in [-0.15, -0.1) is 0 Å². The van der Waals surface area contributed by atoms with Crippen LogP contribution in [0.2, 0.25) is 5.02 Å². The van der Waals surface area contributed by atoms with Crippen molar-refractivity contribution >= 4 is 38.8 Å². The maximum absolute atomic E-state index is 10.9. The SMILES string of the molecule is C[C@]1(O)C[C@H](n2ccc3c(NCc4ccc(Cl)cc4)ncnc32)CC1C#COS(N)(=O)=O.